The van der Waals surface area contributed by atoms with Crippen LogP contribution in [-0.2, 0) is 0 Å². The van der Waals surface area contributed by atoms with Crippen LogP contribution < -0.4 is 0 Å². The van der Waals surface area contributed by atoms with E-state index in [9.17, 15) is 0 Å². The summed E-state index contributed by atoms with van der Waals surface area (Å²) in [5.74, 6) is 0.726. The van der Waals surface area contributed by atoms with Crippen LogP contribution in [0.4, 0.5) is 0 Å². The highest BCUT2D eigenvalue weighted by molar-refractivity contribution is 9.10. The van der Waals surface area contributed by atoms with Gasteiger partial charge in [-0.05, 0) is 34.1 Å². The summed E-state index contributed by atoms with van der Waals surface area (Å²) in [5.41, 5.74) is 1.74. The molecule has 0 amide bonds. The highest BCUT2D eigenvalue weighted by atomic mass is 79.9. The second-order valence-corrected chi connectivity index (χ2v) is 4.77. The fourth-order valence-electron chi connectivity index (χ4n) is 1.57. The largest absolute Gasteiger partial charge is 0.333 e. The quantitative estimate of drug-likeness (QED) is 0.719. The highest BCUT2D eigenvalue weighted by Gasteiger charge is 2.12. The lowest BCUT2D eigenvalue weighted by Gasteiger charge is -1.94. The lowest BCUT2D eigenvalue weighted by atomic mass is 10.2. The van der Waals surface area contributed by atoms with Crippen molar-refractivity contribution in [1.29, 1.82) is 5.26 Å². The van der Waals surface area contributed by atoms with E-state index in [4.69, 9.17) is 9.78 Å². The molecule has 3 rings (SSSR count). The third-order valence-electron chi connectivity index (χ3n) is 2.50. The van der Waals surface area contributed by atoms with Crippen LogP contribution in [0.2, 0.25) is 0 Å². The van der Waals surface area contributed by atoms with E-state index < -0.39 is 0 Å². The topological polar surface area (TPSA) is 88.5 Å². The van der Waals surface area contributed by atoms with Crippen LogP contribution in [-0.4, -0.2) is 20.1 Å². The molecule has 0 fully saturated rings. The van der Waals surface area contributed by atoms with Gasteiger partial charge in [-0.25, -0.2) is 0 Å². The van der Waals surface area contributed by atoms with Gasteiger partial charge in [0.05, 0.1) is 11.1 Å². The molecule has 0 aliphatic carbocycles. The van der Waals surface area contributed by atoms with Crippen LogP contribution in [0.1, 0.15) is 5.56 Å². The zero-order valence-corrected chi connectivity index (χ0v) is 11.6. The van der Waals surface area contributed by atoms with Crippen molar-refractivity contribution in [3.05, 3.63) is 46.8 Å². The van der Waals surface area contributed by atoms with E-state index in [0.717, 1.165) is 4.47 Å². The maximum Gasteiger partial charge on any atom is 0.259 e. The van der Waals surface area contributed by atoms with E-state index in [0.29, 0.717) is 28.5 Å². The molecule has 0 radical (unpaired) electrons. The van der Waals surface area contributed by atoms with Crippen LogP contribution >= 0.6 is 15.9 Å². The molecule has 3 aromatic heterocycles. The second kappa shape index (κ2) is 5.19. The summed E-state index contributed by atoms with van der Waals surface area (Å²) < 4.78 is 6.01. The molecule has 3 aromatic rings. The van der Waals surface area contributed by atoms with Crippen molar-refractivity contribution in [2.45, 2.75) is 0 Å². The number of nitriles is 1. The van der Waals surface area contributed by atoms with Crippen molar-refractivity contribution in [1.82, 2.24) is 20.1 Å². The number of hydrogen-bond acceptors (Lipinski definition) is 6. The molecule has 0 aromatic carbocycles. The minimum absolute atomic E-state index is 0.361. The van der Waals surface area contributed by atoms with Gasteiger partial charge in [-0.1, -0.05) is 5.16 Å². The maximum absolute atomic E-state index is 8.73. The standard InChI is InChI=1S/C13H6BrN5O/c14-10-3-9(6-16-7-10)13-18-12(19-20-13)11-2-1-8(4-15)5-17-11/h1-3,5-7H. The lowest BCUT2D eigenvalue weighted by Crippen LogP contribution is -1.87. The van der Waals surface area contributed by atoms with Gasteiger partial charge >= 0.3 is 0 Å². The van der Waals surface area contributed by atoms with Gasteiger partial charge in [-0.15, -0.1) is 0 Å². The molecule has 0 N–H and O–H groups in total. The van der Waals surface area contributed by atoms with Crippen LogP contribution in [0.5, 0.6) is 0 Å². The summed E-state index contributed by atoms with van der Waals surface area (Å²) in [5, 5.41) is 12.6. The summed E-state index contributed by atoms with van der Waals surface area (Å²) in [6, 6.07) is 7.16. The minimum atomic E-state index is 0.361. The Morgan fingerprint density at radius 1 is 1.20 bits per heavy atom. The number of halogens is 1. The Hall–Kier alpha value is -2.59. The van der Waals surface area contributed by atoms with E-state index in [2.05, 4.69) is 36.0 Å². The average Bonchev–Trinajstić information content (AvgIpc) is 2.97. The summed E-state index contributed by atoms with van der Waals surface area (Å²) in [6.07, 6.45) is 4.77. The number of rotatable bonds is 2. The molecule has 0 bridgehead atoms. The molecule has 3 heterocycles. The van der Waals surface area contributed by atoms with Gasteiger partial charge in [0.2, 0.25) is 5.82 Å². The van der Waals surface area contributed by atoms with Gasteiger partial charge in [0.15, 0.2) is 0 Å². The Bertz CT molecular complexity index is 791. The van der Waals surface area contributed by atoms with Gasteiger partial charge < -0.3 is 4.52 Å². The Morgan fingerprint density at radius 3 is 2.80 bits per heavy atom. The minimum Gasteiger partial charge on any atom is -0.333 e. The number of pyridine rings is 2. The van der Waals surface area contributed by atoms with Crippen molar-refractivity contribution in [2.75, 3.05) is 0 Å². The fourth-order valence-corrected chi connectivity index (χ4v) is 1.93. The number of aromatic nitrogens is 4. The van der Waals surface area contributed by atoms with Crippen molar-refractivity contribution in [3.8, 4) is 29.0 Å². The Balaban J connectivity index is 1.95. The molecule has 0 atom stereocenters. The molecule has 96 valence electrons. The predicted octanol–water partition coefficient (Wildman–Crippen LogP) is 2.83. The summed E-state index contributed by atoms with van der Waals surface area (Å²) in [7, 11) is 0. The van der Waals surface area contributed by atoms with Gasteiger partial charge in [-0.3, -0.25) is 9.97 Å². The Morgan fingerprint density at radius 2 is 2.10 bits per heavy atom. The molecule has 0 aliphatic heterocycles. The Kier molecular flexibility index (Phi) is 3.23. The van der Waals surface area contributed by atoms with Crippen LogP contribution in [0.3, 0.4) is 0 Å². The average molecular weight is 328 g/mol. The summed E-state index contributed by atoms with van der Waals surface area (Å²) in [6.45, 7) is 0. The molecular formula is C13H6BrN5O. The predicted molar refractivity (Wildman–Crippen MR) is 73.2 cm³/mol. The molecule has 20 heavy (non-hydrogen) atoms. The first kappa shape index (κ1) is 12.4. The first-order valence-corrected chi connectivity index (χ1v) is 6.37. The zero-order chi connectivity index (χ0) is 13.9. The second-order valence-electron chi connectivity index (χ2n) is 3.86. The van der Waals surface area contributed by atoms with E-state index in [-0.39, 0.29) is 0 Å². The van der Waals surface area contributed by atoms with Crippen LogP contribution in [0, 0.1) is 11.3 Å². The van der Waals surface area contributed by atoms with Crippen molar-refractivity contribution in [2.24, 2.45) is 0 Å². The summed E-state index contributed by atoms with van der Waals surface area (Å²) in [4.78, 5) is 12.4. The molecular weight excluding hydrogens is 322 g/mol. The van der Waals surface area contributed by atoms with E-state index in [1.165, 1.54) is 6.20 Å². The first-order chi connectivity index (χ1) is 9.76. The third-order valence-corrected chi connectivity index (χ3v) is 2.93. The maximum atomic E-state index is 8.73. The molecule has 7 heteroatoms. The van der Waals surface area contributed by atoms with Crippen LogP contribution in [0.15, 0.2) is 45.8 Å². The van der Waals surface area contributed by atoms with Gasteiger partial charge in [0.1, 0.15) is 11.8 Å². The molecule has 0 unspecified atom stereocenters. The first-order valence-electron chi connectivity index (χ1n) is 5.57. The van der Waals surface area contributed by atoms with Crippen LogP contribution in [0.25, 0.3) is 23.0 Å². The highest BCUT2D eigenvalue weighted by Crippen LogP contribution is 2.22. The lowest BCUT2D eigenvalue weighted by molar-refractivity contribution is 0.432. The van der Waals surface area contributed by atoms with Crippen molar-refractivity contribution in [3.63, 3.8) is 0 Å². The summed E-state index contributed by atoms with van der Waals surface area (Å²) >= 11 is 3.33. The molecule has 0 spiro atoms. The fraction of sp³-hybridized carbons (Fsp3) is 0. The molecule has 0 saturated carbocycles. The van der Waals surface area contributed by atoms with E-state index in [1.54, 1.807) is 24.5 Å². The van der Waals surface area contributed by atoms with Gasteiger partial charge in [0.25, 0.3) is 5.89 Å². The number of nitrogens with zero attached hydrogens (tertiary/aromatic N) is 5. The van der Waals surface area contributed by atoms with Crippen molar-refractivity contribution < 1.29 is 4.52 Å². The number of hydrogen-bond donors (Lipinski definition) is 0. The molecule has 0 saturated heterocycles. The van der Waals surface area contributed by atoms with E-state index in [1.807, 2.05) is 12.1 Å². The van der Waals surface area contributed by atoms with E-state index >= 15 is 0 Å². The van der Waals surface area contributed by atoms with Gasteiger partial charge in [-0.2, -0.15) is 10.2 Å². The molecule has 0 aliphatic rings. The smallest absolute Gasteiger partial charge is 0.259 e. The van der Waals surface area contributed by atoms with Crippen molar-refractivity contribution >= 4 is 15.9 Å². The molecule has 6 nitrogen and oxygen atoms in total. The third kappa shape index (κ3) is 2.41. The zero-order valence-electron chi connectivity index (χ0n) is 9.99. The Labute approximate surface area is 122 Å². The normalized spacial score (nSPS) is 10.2. The monoisotopic (exact) mass is 327 g/mol. The SMILES string of the molecule is N#Cc1ccc(-c2noc(-c3cncc(Br)c3)n2)nc1. The van der Waals surface area contributed by atoms with Gasteiger partial charge in [0, 0.05) is 23.1 Å².